The molecule has 2 saturated heterocycles. The minimum absolute atomic E-state index is 0.250. The lowest BCUT2D eigenvalue weighted by Gasteiger charge is -2.36. The Kier molecular flexibility index (Phi) is 7.16. The molecule has 0 aliphatic carbocycles. The van der Waals surface area contributed by atoms with Crippen molar-refractivity contribution in [2.24, 2.45) is 5.92 Å². The summed E-state index contributed by atoms with van der Waals surface area (Å²) >= 11 is 7.35. The molecule has 0 saturated carbocycles. The van der Waals surface area contributed by atoms with Crippen LogP contribution in [0, 0.1) is 11.3 Å². The zero-order chi connectivity index (χ0) is 21.0. The number of carbonyl (C=O) groups is 1. The highest BCUT2D eigenvalue weighted by atomic mass is 32.1. The van der Waals surface area contributed by atoms with E-state index in [-0.39, 0.29) is 6.47 Å². The van der Waals surface area contributed by atoms with Crippen LogP contribution in [0.15, 0.2) is 35.0 Å². The van der Waals surface area contributed by atoms with Crippen LogP contribution in [-0.4, -0.2) is 46.2 Å². The van der Waals surface area contributed by atoms with Crippen molar-refractivity contribution >= 4 is 46.3 Å². The minimum atomic E-state index is -0.250. The van der Waals surface area contributed by atoms with E-state index >= 15 is 0 Å². The number of anilines is 1. The number of carboxylic acid groups (broad SMARTS) is 1. The standard InChI is InChI=1S/C21H25N3S2.CH2O2/c1-24-16-3-4-17(24)9-13(8-16)10-20(25)21(23)18-11-14(2-5-19(18)22)15-6-7-26-12-15;2-1-3/h2,5-7,11-13,16-17,23H,3-4,8-10,22H2,1H3;1H,(H,2,3). The number of rotatable bonds is 5. The fourth-order valence-electron chi connectivity index (χ4n) is 4.59. The number of piperidine rings is 1. The van der Waals surface area contributed by atoms with Gasteiger partial charge >= 0.3 is 0 Å². The molecule has 7 heteroatoms. The number of thiocarbonyl (C=S) groups is 1. The number of nitrogens with two attached hydrogens (primary N) is 1. The highest BCUT2D eigenvalue weighted by molar-refractivity contribution is 7.82. The average Bonchev–Trinajstić information content (AvgIpc) is 3.29. The molecule has 1 aromatic carbocycles. The predicted molar refractivity (Wildman–Crippen MR) is 124 cm³/mol. The van der Waals surface area contributed by atoms with E-state index in [0.29, 0.717) is 29.4 Å². The molecule has 2 unspecified atom stereocenters. The molecule has 154 valence electrons. The number of nitrogens with one attached hydrogen (secondary N) is 1. The molecule has 1 aromatic heterocycles. The fraction of sp³-hybridized carbons (Fsp3) is 0.409. The van der Waals surface area contributed by atoms with Crippen LogP contribution in [0.5, 0.6) is 0 Å². The number of hydrogen-bond acceptors (Lipinski definition) is 6. The van der Waals surface area contributed by atoms with Gasteiger partial charge in [0.25, 0.3) is 6.47 Å². The minimum Gasteiger partial charge on any atom is -0.483 e. The van der Waals surface area contributed by atoms with Crippen LogP contribution in [-0.2, 0) is 4.79 Å². The van der Waals surface area contributed by atoms with Crippen LogP contribution in [0.1, 0.15) is 37.7 Å². The molecule has 29 heavy (non-hydrogen) atoms. The van der Waals surface area contributed by atoms with Gasteiger partial charge < -0.3 is 15.7 Å². The van der Waals surface area contributed by atoms with Gasteiger partial charge in [0.2, 0.25) is 0 Å². The van der Waals surface area contributed by atoms with Crippen molar-refractivity contribution in [3.05, 3.63) is 40.6 Å². The van der Waals surface area contributed by atoms with Crippen LogP contribution in [0.4, 0.5) is 5.69 Å². The van der Waals surface area contributed by atoms with Crippen LogP contribution in [0.2, 0.25) is 0 Å². The zero-order valence-electron chi connectivity index (χ0n) is 16.5. The third-order valence-corrected chi connectivity index (χ3v) is 7.18. The van der Waals surface area contributed by atoms with Gasteiger partial charge in [0.15, 0.2) is 0 Å². The van der Waals surface area contributed by atoms with Gasteiger partial charge in [-0.1, -0.05) is 18.3 Å². The van der Waals surface area contributed by atoms with Crippen molar-refractivity contribution < 1.29 is 9.90 Å². The van der Waals surface area contributed by atoms with E-state index in [1.807, 2.05) is 18.2 Å². The van der Waals surface area contributed by atoms with Crippen LogP contribution in [0.25, 0.3) is 11.1 Å². The maximum atomic E-state index is 8.64. The first kappa shape index (κ1) is 21.6. The molecule has 4 rings (SSSR count). The summed E-state index contributed by atoms with van der Waals surface area (Å²) in [6.45, 7) is -0.250. The largest absolute Gasteiger partial charge is 0.483 e. The smallest absolute Gasteiger partial charge is 0.290 e. The Morgan fingerprint density at radius 3 is 2.55 bits per heavy atom. The summed E-state index contributed by atoms with van der Waals surface area (Å²) in [5, 5.41) is 19.7. The Morgan fingerprint density at radius 2 is 1.97 bits per heavy atom. The Morgan fingerprint density at radius 1 is 1.31 bits per heavy atom. The van der Waals surface area contributed by atoms with E-state index in [1.165, 1.54) is 31.2 Å². The second-order valence-electron chi connectivity index (χ2n) is 7.81. The van der Waals surface area contributed by atoms with E-state index in [1.54, 1.807) is 11.3 Å². The van der Waals surface area contributed by atoms with Gasteiger partial charge in [-0.2, -0.15) is 11.3 Å². The van der Waals surface area contributed by atoms with Crippen molar-refractivity contribution in [3.8, 4) is 11.1 Å². The van der Waals surface area contributed by atoms with Gasteiger partial charge in [-0.05, 0) is 85.2 Å². The Bertz CT molecular complexity index is 868. The quantitative estimate of drug-likeness (QED) is 0.277. The van der Waals surface area contributed by atoms with Gasteiger partial charge in [0, 0.05) is 28.2 Å². The molecule has 0 radical (unpaired) electrons. The average molecular weight is 430 g/mol. The first-order valence-corrected chi connectivity index (χ1v) is 11.1. The molecular weight excluding hydrogens is 402 g/mol. The SMILES string of the molecule is CN1C2CCC1CC(CC(=S)C(=N)c1cc(-c3ccsc3)ccc1N)C2.O=CO. The molecule has 4 N–H and O–H groups in total. The molecule has 0 spiro atoms. The number of nitrogens with zero attached hydrogens (tertiary/aromatic N) is 1. The maximum Gasteiger partial charge on any atom is 0.290 e. The first-order chi connectivity index (χ1) is 13.9. The molecule has 2 aliphatic rings. The third-order valence-electron chi connectivity index (χ3n) is 6.13. The van der Waals surface area contributed by atoms with E-state index in [0.717, 1.165) is 22.4 Å². The second-order valence-corrected chi connectivity index (χ2v) is 9.08. The maximum absolute atomic E-state index is 8.64. The molecule has 2 aliphatic heterocycles. The molecule has 0 amide bonds. The number of hydrogen-bond donors (Lipinski definition) is 3. The summed E-state index contributed by atoms with van der Waals surface area (Å²) < 4.78 is 0. The highest BCUT2D eigenvalue weighted by Crippen LogP contribution is 2.39. The van der Waals surface area contributed by atoms with Crippen molar-refractivity contribution in [2.75, 3.05) is 12.8 Å². The van der Waals surface area contributed by atoms with Crippen LogP contribution >= 0.6 is 23.6 Å². The van der Waals surface area contributed by atoms with E-state index < -0.39 is 0 Å². The summed E-state index contributed by atoms with van der Waals surface area (Å²) in [6, 6.07) is 9.45. The Labute approximate surface area is 181 Å². The number of fused-ring (bicyclic) bond motifs is 2. The zero-order valence-corrected chi connectivity index (χ0v) is 18.1. The summed E-state index contributed by atoms with van der Waals surface area (Å²) in [7, 11) is 2.26. The highest BCUT2D eigenvalue weighted by Gasteiger charge is 2.38. The van der Waals surface area contributed by atoms with Gasteiger partial charge in [-0.3, -0.25) is 10.2 Å². The lowest BCUT2D eigenvalue weighted by molar-refractivity contribution is -0.122. The molecule has 2 atom stereocenters. The van der Waals surface area contributed by atoms with Crippen molar-refractivity contribution in [1.29, 1.82) is 5.41 Å². The topological polar surface area (TPSA) is 90.4 Å². The Hall–Kier alpha value is -2.09. The number of thiophene rings is 1. The fourth-order valence-corrected chi connectivity index (χ4v) is 5.60. The van der Waals surface area contributed by atoms with Gasteiger partial charge in [0.1, 0.15) is 0 Å². The van der Waals surface area contributed by atoms with Crippen molar-refractivity contribution in [2.45, 2.75) is 44.2 Å². The molecule has 5 nitrogen and oxygen atoms in total. The predicted octanol–water partition coefficient (Wildman–Crippen LogP) is 4.70. The lowest BCUT2D eigenvalue weighted by Crippen LogP contribution is -2.40. The van der Waals surface area contributed by atoms with Crippen molar-refractivity contribution in [3.63, 3.8) is 0 Å². The summed E-state index contributed by atoms with van der Waals surface area (Å²) in [4.78, 5) is 11.7. The summed E-state index contributed by atoms with van der Waals surface area (Å²) in [5.74, 6) is 0.609. The van der Waals surface area contributed by atoms with Crippen molar-refractivity contribution in [1.82, 2.24) is 4.90 Å². The Balaban J connectivity index is 0.000000755. The third kappa shape index (κ3) is 4.91. The second kappa shape index (κ2) is 9.61. The van der Waals surface area contributed by atoms with E-state index in [4.69, 9.17) is 33.3 Å². The molecule has 3 heterocycles. The van der Waals surface area contributed by atoms with Crippen LogP contribution in [0.3, 0.4) is 0 Å². The molecular formula is C22H27N3O2S2. The number of nitrogen functional groups attached to an aromatic ring is 1. The summed E-state index contributed by atoms with van der Waals surface area (Å²) in [5.41, 5.74) is 10.3. The molecule has 2 fully saturated rings. The normalized spacial score (nSPS) is 23.1. The van der Waals surface area contributed by atoms with E-state index in [2.05, 4.69) is 28.8 Å². The number of benzene rings is 1. The first-order valence-electron chi connectivity index (χ1n) is 9.78. The molecule has 2 aromatic rings. The van der Waals surface area contributed by atoms with Gasteiger partial charge in [-0.25, -0.2) is 0 Å². The lowest BCUT2D eigenvalue weighted by atomic mass is 9.86. The van der Waals surface area contributed by atoms with Gasteiger partial charge in [0.05, 0.1) is 5.71 Å². The molecule has 2 bridgehead atoms. The van der Waals surface area contributed by atoms with Crippen LogP contribution < -0.4 is 5.73 Å². The van der Waals surface area contributed by atoms with E-state index in [9.17, 15) is 0 Å². The monoisotopic (exact) mass is 429 g/mol. The van der Waals surface area contributed by atoms with Gasteiger partial charge in [-0.15, -0.1) is 0 Å². The summed E-state index contributed by atoms with van der Waals surface area (Å²) in [6.07, 6.45) is 5.90.